The van der Waals surface area contributed by atoms with Crippen LogP contribution in [-0.2, 0) is 9.53 Å². The van der Waals surface area contributed by atoms with E-state index >= 15 is 0 Å². The Hall–Kier alpha value is -2.99. The highest BCUT2D eigenvalue weighted by Gasteiger charge is 2.17. The number of hydrogen-bond donors (Lipinski definition) is 1. The zero-order chi connectivity index (χ0) is 17.8. The van der Waals surface area contributed by atoms with E-state index in [1.165, 1.54) is 19.3 Å². The number of hydrogen-bond acceptors (Lipinski definition) is 5. The van der Waals surface area contributed by atoms with Crippen LogP contribution >= 0.6 is 11.6 Å². The molecule has 25 heavy (non-hydrogen) atoms. The molecule has 0 atom stereocenters. The number of fused-ring (bicyclic) bond motifs is 1. The summed E-state index contributed by atoms with van der Waals surface area (Å²) < 4.78 is 15.2. The van der Waals surface area contributed by atoms with Crippen LogP contribution in [0.5, 0.6) is 11.5 Å². The van der Waals surface area contributed by atoms with Gasteiger partial charge in [0, 0.05) is 11.8 Å². The molecule has 1 aliphatic heterocycles. The summed E-state index contributed by atoms with van der Waals surface area (Å²) in [5, 5.41) is 3.09. The lowest BCUT2D eigenvalue weighted by Gasteiger charge is -2.05. The fourth-order valence-corrected chi connectivity index (χ4v) is 2.55. The van der Waals surface area contributed by atoms with Crippen molar-refractivity contribution in [2.75, 3.05) is 19.2 Å². The molecule has 6 nitrogen and oxygen atoms in total. The summed E-state index contributed by atoms with van der Waals surface area (Å²) in [6.07, 6.45) is 2.96. The molecule has 1 N–H and O–H groups in total. The second-order valence-electron chi connectivity index (χ2n) is 5.13. The van der Waals surface area contributed by atoms with Gasteiger partial charge in [-0.15, -0.1) is 0 Å². The van der Waals surface area contributed by atoms with Crippen LogP contribution in [0.2, 0.25) is 5.02 Å². The number of carbonyl (C=O) groups excluding carboxylic acids is 2. The van der Waals surface area contributed by atoms with Crippen molar-refractivity contribution < 1.29 is 23.8 Å². The molecular weight excluding hydrogens is 346 g/mol. The zero-order valence-corrected chi connectivity index (χ0v) is 14.0. The van der Waals surface area contributed by atoms with E-state index in [1.807, 2.05) is 0 Å². The standard InChI is InChI=1S/C18H14ClNO5/c1-23-18(22)12-3-2-4-13(9-12)20-16(21)6-5-11-7-14(19)17-15(8-11)24-10-25-17/h2-9H,10H2,1H3,(H,20,21)/b6-5+. The van der Waals surface area contributed by atoms with Crippen LogP contribution in [0.25, 0.3) is 6.08 Å². The van der Waals surface area contributed by atoms with Gasteiger partial charge in [-0.2, -0.15) is 0 Å². The maximum atomic E-state index is 12.1. The Morgan fingerprint density at radius 1 is 1.24 bits per heavy atom. The van der Waals surface area contributed by atoms with Crippen molar-refractivity contribution in [2.24, 2.45) is 0 Å². The van der Waals surface area contributed by atoms with Gasteiger partial charge in [-0.1, -0.05) is 17.7 Å². The van der Waals surface area contributed by atoms with Crippen molar-refractivity contribution in [3.63, 3.8) is 0 Å². The van der Waals surface area contributed by atoms with Crippen LogP contribution in [0.4, 0.5) is 5.69 Å². The highest BCUT2D eigenvalue weighted by molar-refractivity contribution is 6.32. The summed E-state index contributed by atoms with van der Waals surface area (Å²) >= 11 is 6.10. The van der Waals surface area contributed by atoms with E-state index in [2.05, 4.69) is 10.1 Å². The molecule has 2 aromatic carbocycles. The molecule has 0 radical (unpaired) electrons. The number of methoxy groups -OCH3 is 1. The minimum atomic E-state index is -0.471. The predicted molar refractivity (Wildman–Crippen MR) is 93.0 cm³/mol. The second-order valence-corrected chi connectivity index (χ2v) is 5.54. The molecule has 2 aromatic rings. The second kappa shape index (κ2) is 7.27. The Morgan fingerprint density at radius 3 is 2.88 bits per heavy atom. The van der Waals surface area contributed by atoms with Gasteiger partial charge in [-0.3, -0.25) is 4.79 Å². The van der Waals surface area contributed by atoms with E-state index in [0.29, 0.717) is 33.3 Å². The lowest BCUT2D eigenvalue weighted by atomic mass is 10.2. The number of esters is 1. The summed E-state index contributed by atoms with van der Waals surface area (Å²) in [6, 6.07) is 9.88. The van der Waals surface area contributed by atoms with Crippen LogP contribution in [0.3, 0.4) is 0 Å². The molecule has 7 heteroatoms. The van der Waals surface area contributed by atoms with Gasteiger partial charge in [0.1, 0.15) is 0 Å². The van der Waals surface area contributed by atoms with Gasteiger partial charge in [0.15, 0.2) is 11.5 Å². The zero-order valence-electron chi connectivity index (χ0n) is 13.2. The molecular formula is C18H14ClNO5. The molecule has 0 aromatic heterocycles. The lowest BCUT2D eigenvalue weighted by molar-refractivity contribution is -0.111. The van der Waals surface area contributed by atoms with Crippen molar-refractivity contribution in [1.82, 2.24) is 0 Å². The average molecular weight is 360 g/mol. The molecule has 128 valence electrons. The fourth-order valence-electron chi connectivity index (χ4n) is 2.28. The monoisotopic (exact) mass is 359 g/mol. The largest absolute Gasteiger partial charge is 0.465 e. The van der Waals surface area contributed by atoms with Crippen molar-refractivity contribution >= 4 is 35.2 Å². The first kappa shape index (κ1) is 16.9. The van der Waals surface area contributed by atoms with E-state index in [4.69, 9.17) is 21.1 Å². The highest BCUT2D eigenvalue weighted by atomic mass is 35.5. The number of carbonyl (C=O) groups is 2. The Bertz CT molecular complexity index is 863. The molecule has 0 bridgehead atoms. The molecule has 0 saturated carbocycles. The number of nitrogens with one attached hydrogen (secondary N) is 1. The fraction of sp³-hybridized carbons (Fsp3) is 0.111. The van der Waals surface area contributed by atoms with Crippen molar-refractivity contribution in [3.8, 4) is 11.5 Å². The van der Waals surface area contributed by atoms with Crippen molar-refractivity contribution in [3.05, 3.63) is 58.6 Å². The summed E-state index contributed by atoms with van der Waals surface area (Å²) in [5.74, 6) is 0.221. The minimum Gasteiger partial charge on any atom is -0.465 e. The van der Waals surface area contributed by atoms with E-state index in [1.54, 1.807) is 36.4 Å². The van der Waals surface area contributed by atoms with E-state index in [0.717, 1.165) is 0 Å². The van der Waals surface area contributed by atoms with Gasteiger partial charge < -0.3 is 19.5 Å². The summed E-state index contributed by atoms with van der Waals surface area (Å²) in [7, 11) is 1.30. The van der Waals surface area contributed by atoms with E-state index in [9.17, 15) is 9.59 Å². The maximum Gasteiger partial charge on any atom is 0.337 e. The third-order valence-corrected chi connectivity index (χ3v) is 3.71. The lowest BCUT2D eigenvalue weighted by Crippen LogP contribution is -2.09. The van der Waals surface area contributed by atoms with Gasteiger partial charge in [0.2, 0.25) is 12.7 Å². The van der Waals surface area contributed by atoms with Gasteiger partial charge >= 0.3 is 5.97 Å². The van der Waals surface area contributed by atoms with Gasteiger partial charge in [0.05, 0.1) is 17.7 Å². The number of benzene rings is 2. The van der Waals surface area contributed by atoms with Crippen LogP contribution < -0.4 is 14.8 Å². The van der Waals surface area contributed by atoms with Crippen molar-refractivity contribution in [1.29, 1.82) is 0 Å². The molecule has 0 unspecified atom stereocenters. The van der Waals surface area contributed by atoms with Gasteiger partial charge in [-0.05, 0) is 42.0 Å². The summed E-state index contributed by atoms with van der Waals surface area (Å²) in [4.78, 5) is 23.6. The number of ether oxygens (including phenoxy) is 3. The summed E-state index contributed by atoms with van der Waals surface area (Å²) in [5.41, 5.74) is 1.54. The normalized spacial score (nSPS) is 12.2. The van der Waals surface area contributed by atoms with Crippen molar-refractivity contribution in [2.45, 2.75) is 0 Å². The van der Waals surface area contributed by atoms with Crippen LogP contribution in [0.1, 0.15) is 15.9 Å². The molecule has 1 amide bonds. The molecule has 0 fully saturated rings. The van der Waals surface area contributed by atoms with Crippen LogP contribution in [-0.4, -0.2) is 25.8 Å². The van der Waals surface area contributed by atoms with Gasteiger partial charge in [-0.25, -0.2) is 4.79 Å². The maximum absolute atomic E-state index is 12.1. The Morgan fingerprint density at radius 2 is 2.08 bits per heavy atom. The molecule has 0 saturated heterocycles. The third-order valence-electron chi connectivity index (χ3n) is 3.43. The first-order valence-electron chi connectivity index (χ1n) is 7.33. The molecule has 1 aliphatic rings. The molecule has 0 spiro atoms. The Labute approximate surface area is 148 Å². The molecule has 3 rings (SSSR count). The molecule has 1 heterocycles. The first-order valence-corrected chi connectivity index (χ1v) is 7.71. The molecule has 0 aliphatic carbocycles. The minimum absolute atomic E-state index is 0.124. The van der Waals surface area contributed by atoms with E-state index < -0.39 is 5.97 Å². The summed E-state index contributed by atoms with van der Waals surface area (Å²) in [6.45, 7) is 0.124. The Balaban J connectivity index is 1.70. The number of amides is 1. The number of halogens is 1. The number of rotatable bonds is 4. The van der Waals surface area contributed by atoms with E-state index in [-0.39, 0.29) is 12.7 Å². The predicted octanol–water partition coefficient (Wildman–Crippen LogP) is 3.51. The van der Waals surface area contributed by atoms with Gasteiger partial charge in [0.25, 0.3) is 0 Å². The van der Waals surface area contributed by atoms with Crippen LogP contribution in [0, 0.1) is 0 Å². The Kier molecular flexibility index (Phi) is 4.90. The third kappa shape index (κ3) is 3.92. The average Bonchev–Trinajstić information content (AvgIpc) is 3.08. The first-order chi connectivity index (χ1) is 12.1. The SMILES string of the molecule is COC(=O)c1cccc(NC(=O)/C=C/c2cc(Cl)c3c(c2)OCO3)c1. The highest BCUT2D eigenvalue weighted by Crippen LogP contribution is 2.40. The smallest absolute Gasteiger partial charge is 0.337 e. The number of anilines is 1. The topological polar surface area (TPSA) is 73.9 Å². The quantitative estimate of drug-likeness (QED) is 0.668. The van der Waals surface area contributed by atoms with Crippen LogP contribution in [0.15, 0.2) is 42.5 Å².